The molecule has 0 saturated carbocycles. The lowest BCUT2D eigenvalue weighted by molar-refractivity contribution is -0.138. The van der Waals surface area contributed by atoms with Gasteiger partial charge in [-0.1, -0.05) is 28.1 Å². The average Bonchev–Trinajstić information content (AvgIpc) is 2.59. The van der Waals surface area contributed by atoms with E-state index in [-0.39, 0.29) is 18.1 Å². The SMILES string of the molecule is C[C@@H](C(=O)N(C)CCC#N)N1CCO[C@@H](c2ccc(Br)cc2)C1. The number of benzene rings is 1. The number of carbonyl (C=O) groups is 1. The Balaban J connectivity index is 1.98. The van der Waals surface area contributed by atoms with E-state index in [0.29, 0.717) is 26.1 Å². The van der Waals surface area contributed by atoms with Gasteiger partial charge >= 0.3 is 0 Å². The molecule has 1 amide bonds. The van der Waals surface area contributed by atoms with E-state index in [9.17, 15) is 4.79 Å². The van der Waals surface area contributed by atoms with E-state index < -0.39 is 0 Å². The monoisotopic (exact) mass is 379 g/mol. The van der Waals surface area contributed by atoms with Crippen LogP contribution < -0.4 is 0 Å². The maximum absolute atomic E-state index is 12.5. The number of morpholine rings is 1. The average molecular weight is 380 g/mol. The van der Waals surface area contributed by atoms with Gasteiger partial charge in [0, 0.05) is 31.2 Å². The molecule has 23 heavy (non-hydrogen) atoms. The van der Waals surface area contributed by atoms with E-state index in [2.05, 4.69) is 26.9 Å². The molecule has 0 aromatic heterocycles. The molecule has 2 rings (SSSR count). The van der Waals surface area contributed by atoms with Crippen molar-refractivity contribution in [2.75, 3.05) is 33.3 Å². The maximum atomic E-state index is 12.5. The minimum Gasteiger partial charge on any atom is -0.371 e. The lowest BCUT2D eigenvalue weighted by atomic mass is 10.1. The van der Waals surface area contributed by atoms with Crippen LogP contribution in [-0.4, -0.2) is 55.0 Å². The molecule has 5 nitrogen and oxygen atoms in total. The second kappa shape index (κ2) is 8.44. The molecule has 1 aromatic carbocycles. The Morgan fingerprint density at radius 1 is 1.52 bits per heavy atom. The van der Waals surface area contributed by atoms with Crippen LogP contribution in [0.4, 0.5) is 0 Å². The van der Waals surface area contributed by atoms with Gasteiger partial charge in [-0.3, -0.25) is 9.69 Å². The smallest absolute Gasteiger partial charge is 0.239 e. The summed E-state index contributed by atoms with van der Waals surface area (Å²) in [5.41, 5.74) is 1.12. The van der Waals surface area contributed by atoms with Crippen LogP contribution in [0.5, 0.6) is 0 Å². The first-order chi connectivity index (χ1) is 11.0. The van der Waals surface area contributed by atoms with Crippen molar-refractivity contribution < 1.29 is 9.53 Å². The van der Waals surface area contributed by atoms with Gasteiger partial charge < -0.3 is 9.64 Å². The molecule has 0 aliphatic carbocycles. The van der Waals surface area contributed by atoms with Gasteiger partial charge in [-0.05, 0) is 24.6 Å². The van der Waals surface area contributed by atoms with E-state index in [0.717, 1.165) is 16.6 Å². The normalized spacial score (nSPS) is 19.8. The molecule has 1 saturated heterocycles. The third-order valence-corrected chi connectivity index (χ3v) is 4.71. The molecule has 1 aromatic rings. The second-order valence-corrected chi connectivity index (χ2v) is 6.67. The molecule has 1 aliphatic rings. The largest absolute Gasteiger partial charge is 0.371 e. The number of halogens is 1. The fourth-order valence-electron chi connectivity index (χ4n) is 2.70. The predicted octanol–water partition coefficient (Wildman–Crippen LogP) is 2.58. The van der Waals surface area contributed by atoms with Crippen molar-refractivity contribution in [3.05, 3.63) is 34.3 Å². The zero-order valence-corrected chi connectivity index (χ0v) is 15.1. The lowest BCUT2D eigenvalue weighted by Gasteiger charge is -2.37. The van der Waals surface area contributed by atoms with Gasteiger partial charge in [-0.2, -0.15) is 5.26 Å². The van der Waals surface area contributed by atoms with Crippen molar-refractivity contribution in [2.45, 2.75) is 25.5 Å². The van der Waals surface area contributed by atoms with Crippen molar-refractivity contribution in [1.29, 1.82) is 5.26 Å². The zero-order valence-electron chi connectivity index (χ0n) is 13.5. The molecular weight excluding hydrogens is 358 g/mol. The number of rotatable bonds is 5. The Labute approximate surface area is 145 Å². The summed E-state index contributed by atoms with van der Waals surface area (Å²) in [6.45, 7) is 4.45. The summed E-state index contributed by atoms with van der Waals surface area (Å²) in [6.07, 6.45) is 0.344. The van der Waals surface area contributed by atoms with Crippen molar-refractivity contribution in [2.24, 2.45) is 0 Å². The molecular formula is C17H22BrN3O2. The highest BCUT2D eigenvalue weighted by Gasteiger charge is 2.30. The number of nitriles is 1. The minimum absolute atomic E-state index is 0.0171. The highest BCUT2D eigenvalue weighted by Crippen LogP contribution is 2.25. The fraction of sp³-hybridized carbons (Fsp3) is 0.529. The quantitative estimate of drug-likeness (QED) is 0.788. The number of hydrogen-bond acceptors (Lipinski definition) is 4. The van der Waals surface area contributed by atoms with Crippen molar-refractivity contribution >= 4 is 21.8 Å². The predicted molar refractivity (Wildman–Crippen MR) is 91.7 cm³/mol. The molecule has 0 unspecified atom stereocenters. The van der Waals surface area contributed by atoms with Crippen LogP contribution in [0.1, 0.15) is 25.0 Å². The van der Waals surface area contributed by atoms with E-state index in [1.165, 1.54) is 0 Å². The molecule has 6 heteroatoms. The molecule has 1 heterocycles. The first-order valence-electron chi connectivity index (χ1n) is 7.76. The third kappa shape index (κ3) is 4.77. The molecule has 124 valence electrons. The Kier molecular flexibility index (Phi) is 6.58. The molecule has 0 bridgehead atoms. The van der Waals surface area contributed by atoms with Crippen LogP contribution in [0.25, 0.3) is 0 Å². The number of hydrogen-bond donors (Lipinski definition) is 0. The molecule has 1 fully saturated rings. The summed E-state index contributed by atoms with van der Waals surface area (Å²) in [7, 11) is 1.75. The summed E-state index contributed by atoms with van der Waals surface area (Å²) in [5.74, 6) is 0.0525. The van der Waals surface area contributed by atoms with Gasteiger partial charge in [-0.15, -0.1) is 0 Å². The third-order valence-electron chi connectivity index (χ3n) is 4.18. The number of nitrogens with zero attached hydrogens (tertiary/aromatic N) is 3. The Hall–Kier alpha value is -1.42. The number of likely N-dealkylation sites (N-methyl/N-ethyl adjacent to an activating group) is 1. The Morgan fingerprint density at radius 2 is 2.22 bits per heavy atom. The highest BCUT2D eigenvalue weighted by molar-refractivity contribution is 9.10. The lowest BCUT2D eigenvalue weighted by Crippen LogP contribution is -2.50. The van der Waals surface area contributed by atoms with Crippen LogP contribution in [0.15, 0.2) is 28.7 Å². The number of carbonyl (C=O) groups excluding carboxylic acids is 1. The van der Waals surface area contributed by atoms with Crippen LogP contribution in [-0.2, 0) is 9.53 Å². The molecule has 0 radical (unpaired) electrons. The molecule has 2 atom stereocenters. The van der Waals surface area contributed by atoms with Gasteiger partial charge in [0.05, 0.1) is 31.2 Å². The summed E-state index contributed by atoms with van der Waals surface area (Å²) in [5, 5.41) is 8.65. The summed E-state index contributed by atoms with van der Waals surface area (Å²) in [4.78, 5) is 16.3. The Morgan fingerprint density at radius 3 is 2.87 bits per heavy atom. The van der Waals surface area contributed by atoms with E-state index in [1.54, 1.807) is 11.9 Å². The topological polar surface area (TPSA) is 56.6 Å². The standard InChI is InChI=1S/C17H22BrN3O2/c1-13(17(22)20(2)9-3-8-19)21-10-11-23-16(12-21)14-4-6-15(18)7-5-14/h4-7,13,16H,3,9-12H2,1-2H3/t13-,16+/m0/s1. The number of ether oxygens (including phenoxy) is 1. The number of amides is 1. The van der Waals surface area contributed by atoms with Gasteiger partial charge in [0.15, 0.2) is 0 Å². The summed E-state index contributed by atoms with van der Waals surface area (Å²) >= 11 is 3.44. The fourth-order valence-corrected chi connectivity index (χ4v) is 2.97. The summed E-state index contributed by atoms with van der Waals surface area (Å²) in [6, 6.07) is 9.96. The first-order valence-corrected chi connectivity index (χ1v) is 8.55. The van der Waals surface area contributed by atoms with Gasteiger partial charge in [-0.25, -0.2) is 0 Å². The van der Waals surface area contributed by atoms with E-state index >= 15 is 0 Å². The highest BCUT2D eigenvalue weighted by atomic mass is 79.9. The van der Waals surface area contributed by atoms with Crippen molar-refractivity contribution in [3.63, 3.8) is 0 Å². The van der Waals surface area contributed by atoms with Gasteiger partial charge in [0.2, 0.25) is 5.91 Å². The van der Waals surface area contributed by atoms with E-state index in [1.807, 2.05) is 31.2 Å². The van der Waals surface area contributed by atoms with Crippen LogP contribution >= 0.6 is 15.9 Å². The first kappa shape index (κ1) is 17.9. The van der Waals surface area contributed by atoms with E-state index in [4.69, 9.17) is 10.00 Å². The summed E-state index contributed by atoms with van der Waals surface area (Å²) < 4.78 is 6.90. The van der Waals surface area contributed by atoms with Crippen LogP contribution in [0.3, 0.4) is 0 Å². The van der Waals surface area contributed by atoms with Crippen molar-refractivity contribution in [3.8, 4) is 6.07 Å². The van der Waals surface area contributed by atoms with Crippen molar-refractivity contribution in [1.82, 2.24) is 9.80 Å². The molecule has 0 N–H and O–H groups in total. The zero-order chi connectivity index (χ0) is 16.8. The second-order valence-electron chi connectivity index (χ2n) is 5.75. The molecule has 1 aliphatic heterocycles. The minimum atomic E-state index is -0.208. The molecule has 0 spiro atoms. The van der Waals surface area contributed by atoms with Gasteiger partial charge in [0.1, 0.15) is 0 Å². The maximum Gasteiger partial charge on any atom is 0.239 e. The van der Waals surface area contributed by atoms with Gasteiger partial charge in [0.25, 0.3) is 0 Å². The van der Waals surface area contributed by atoms with Crippen LogP contribution in [0, 0.1) is 11.3 Å². The Bertz CT molecular complexity index is 570. The van der Waals surface area contributed by atoms with Crippen LogP contribution in [0.2, 0.25) is 0 Å².